The van der Waals surface area contributed by atoms with Crippen LogP contribution in [0.25, 0.3) is 11.2 Å². The van der Waals surface area contributed by atoms with Gasteiger partial charge in [-0.3, -0.25) is 9.36 Å². The van der Waals surface area contributed by atoms with E-state index in [1.807, 2.05) is 22.8 Å². The quantitative estimate of drug-likeness (QED) is 0.803. The van der Waals surface area contributed by atoms with Crippen molar-refractivity contribution in [2.75, 3.05) is 11.9 Å². The van der Waals surface area contributed by atoms with Gasteiger partial charge in [-0.25, -0.2) is 15.0 Å². The summed E-state index contributed by atoms with van der Waals surface area (Å²) in [7, 11) is 0. The summed E-state index contributed by atoms with van der Waals surface area (Å²) in [6, 6.07) is 8.99. The molecular weight excluding hydrogens is 294 g/mol. The third kappa shape index (κ3) is 2.55. The first-order chi connectivity index (χ1) is 11.3. The van der Waals surface area contributed by atoms with E-state index >= 15 is 0 Å². The Morgan fingerprint density at radius 2 is 2.09 bits per heavy atom. The second-order valence-electron chi connectivity index (χ2n) is 5.33. The van der Waals surface area contributed by atoms with Crippen LogP contribution >= 0.6 is 0 Å². The Morgan fingerprint density at radius 3 is 2.87 bits per heavy atom. The summed E-state index contributed by atoms with van der Waals surface area (Å²) in [5, 5.41) is 2.80. The van der Waals surface area contributed by atoms with Crippen molar-refractivity contribution in [3.05, 3.63) is 48.5 Å². The summed E-state index contributed by atoms with van der Waals surface area (Å²) in [6.45, 7) is 0.743. The van der Waals surface area contributed by atoms with Crippen LogP contribution in [0.15, 0.2) is 43.0 Å². The highest BCUT2D eigenvalue weighted by Crippen LogP contribution is 2.27. The maximum atomic E-state index is 12.3. The molecule has 0 aliphatic carbocycles. The molecule has 3 heterocycles. The van der Waals surface area contributed by atoms with E-state index in [4.69, 9.17) is 4.74 Å². The van der Waals surface area contributed by atoms with Crippen molar-refractivity contribution in [3.8, 4) is 0 Å². The maximum Gasteiger partial charge on any atom is 0.256 e. The molecule has 0 saturated carbocycles. The van der Waals surface area contributed by atoms with E-state index in [9.17, 15) is 4.79 Å². The van der Waals surface area contributed by atoms with Crippen LogP contribution in [0.1, 0.15) is 29.4 Å². The Labute approximate surface area is 132 Å². The maximum absolute atomic E-state index is 12.3. The molecule has 1 fully saturated rings. The number of anilines is 1. The third-order valence-electron chi connectivity index (χ3n) is 3.84. The molecule has 1 atom stereocenters. The van der Waals surface area contributed by atoms with Crippen molar-refractivity contribution < 1.29 is 9.53 Å². The van der Waals surface area contributed by atoms with Gasteiger partial charge in [-0.05, 0) is 25.0 Å². The van der Waals surface area contributed by atoms with Gasteiger partial charge in [0.15, 0.2) is 17.0 Å². The molecule has 1 amide bonds. The highest BCUT2D eigenvalue weighted by atomic mass is 16.5. The average molecular weight is 309 g/mol. The van der Waals surface area contributed by atoms with Crippen molar-refractivity contribution in [1.29, 1.82) is 0 Å². The number of nitrogens with one attached hydrogen (secondary N) is 1. The number of ether oxygens (including phenoxy) is 1. The summed E-state index contributed by atoms with van der Waals surface area (Å²) < 4.78 is 7.56. The zero-order valence-corrected chi connectivity index (χ0v) is 12.3. The second kappa shape index (κ2) is 5.77. The molecule has 23 heavy (non-hydrogen) atoms. The molecule has 1 N–H and O–H groups in total. The van der Waals surface area contributed by atoms with E-state index in [0.29, 0.717) is 22.5 Å². The second-order valence-corrected chi connectivity index (χ2v) is 5.33. The first-order valence-electron chi connectivity index (χ1n) is 7.48. The van der Waals surface area contributed by atoms with E-state index in [-0.39, 0.29) is 12.1 Å². The number of nitrogens with zero attached hydrogens (tertiary/aromatic N) is 4. The first-order valence-corrected chi connectivity index (χ1v) is 7.48. The Morgan fingerprint density at radius 1 is 1.22 bits per heavy atom. The number of amides is 1. The van der Waals surface area contributed by atoms with Crippen LogP contribution in [0, 0.1) is 0 Å². The number of carbonyl (C=O) groups is 1. The number of hydrogen-bond acceptors (Lipinski definition) is 5. The normalized spacial score (nSPS) is 17.5. The monoisotopic (exact) mass is 309 g/mol. The average Bonchev–Trinajstić information content (AvgIpc) is 3.25. The van der Waals surface area contributed by atoms with Crippen molar-refractivity contribution in [2.45, 2.75) is 19.1 Å². The standard InChI is InChI=1S/C16H15N5O2/c22-16(11-5-2-1-3-6-11)20-14-13-15(18-9-17-14)21(10-19-13)12-7-4-8-23-12/h1-3,5-6,9-10,12H,4,7-8H2,(H,17,18,20,22). The predicted octanol–water partition coefficient (Wildman–Crippen LogP) is 2.39. The molecular formula is C16H15N5O2. The minimum Gasteiger partial charge on any atom is -0.358 e. The van der Waals surface area contributed by atoms with Gasteiger partial charge in [-0.15, -0.1) is 0 Å². The van der Waals surface area contributed by atoms with Crippen molar-refractivity contribution >= 4 is 22.9 Å². The van der Waals surface area contributed by atoms with Crippen molar-refractivity contribution in [1.82, 2.24) is 19.5 Å². The van der Waals surface area contributed by atoms with E-state index in [1.165, 1.54) is 6.33 Å². The van der Waals surface area contributed by atoms with Crippen LogP contribution in [0.4, 0.5) is 5.82 Å². The molecule has 1 aliphatic heterocycles. The molecule has 1 saturated heterocycles. The molecule has 4 rings (SSSR count). The molecule has 0 spiro atoms. The lowest BCUT2D eigenvalue weighted by molar-refractivity contribution is 0.0593. The lowest BCUT2D eigenvalue weighted by Gasteiger charge is -2.11. The van der Waals surface area contributed by atoms with Crippen LogP contribution in [0.5, 0.6) is 0 Å². The minimum atomic E-state index is -0.225. The fourth-order valence-electron chi connectivity index (χ4n) is 2.70. The van der Waals surface area contributed by atoms with E-state index in [1.54, 1.807) is 18.5 Å². The molecule has 1 aromatic carbocycles. The van der Waals surface area contributed by atoms with Gasteiger partial charge >= 0.3 is 0 Å². The topological polar surface area (TPSA) is 81.9 Å². The lowest BCUT2D eigenvalue weighted by atomic mass is 10.2. The third-order valence-corrected chi connectivity index (χ3v) is 3.84. The van der Waals surface area contributed by atoms with Crippen molar-refractivity contribution in [3.63, 3.8) is 0 Å². The summed E-state index contributed by atoms with van der Waals surface area (Å²) >= 11 is 0. The van der Waals surface area contributed by atoms with Crippen LogP contribution in [-0.4, -0.2) is 32.0 Å². The minimum absolute atomic E-state index is 0.0485. The molecule has 7 heteroatoms. The smallest absolute Gasteiger partial charge is 0.256 e. The Bertz CT molecular complexity index is 840. The SMILES string of the molecule is O=C(Nc1ncnc2c1ncn2C1CCCO1)c1ccccc1. The van der Waals surface area contributed by atoms with E-state index in [2.05, 4.69) is 20.3 Å². The zero-order valence-electron chi connectivity index (χ0n) is 12.3. The van der Waals surface area contributed by atoms with Crippen LogP contribution in [0.2, 0.25) is 0 Å². The number of rotatable bonds is 3. The van der Waals surface area contributed by atoms with Crippen LogP contribution in [-0.2, 0) is 4.74 Å². The van der Waals surface area contributed by atoms with Gasteiger partial charge in [-0.1, -0.05) is 18.2 Å². The Kier molecular flexibility index (Phi) is 3.47. The molecule has 3 aromatic rings. The molecule has 7 nitrogen and oxygen atoms in total. The number of hydrogen-bond donors (Lipinski definition) is 1. The molecule has 2 aromatic heterocycles. The van der Waals surface area contributed by atoms with Gasteiger partial charge in [0, 0.05) is 12.2 Å². The van der Waals surface area contributed by atoms with Gasteiger partial charge in [0.2, 0.25) is 0 Å². The van der Waals surface area contributed by atoms with Gasteiger partial charge in [0.05, 0.1) is 6.33 Å². The Hall–Kier alpha value is -2.80. The summed E-state index contributed by atoms with van der Waals surface area (Å²) in [6.07, 6.45) is 5.02. The number of carbonyl (C=O) groups excluding carboxylic acids is 1. The highest BCUT2D eigenvalue weighted by molar-refractivity contribution is 6.06. The molecule has 116 valence electrons. The van der Waals surface area contributed by atoms with Gasteiger partial charge in [0.25, 0.3) is 5.91 Å². The highest BCUT2D eigenvalue weighted by Gasteiger charge is 2.21. The van der Waals surface area contributed by atoms with E-state index in [0.717, 1.165) is 19.4 Å². The predicted molar refractivity (Wildman–Crippen MR) is 83.9 cm³/mol. The number of fused-ring (bicyclic) bond motifs is 1. The largest absolute Gasteiger partial charge is 0.358 e. The zero-order chi connectivity index (χ0) is 15.6. The van der Waals surface area contributed by atoms with Gasteiger partial charge in [-0.2, -0.15) is 0 Å². The Balaban J connectivity index is 1.67. The summed E-state index contributed by atoms with van der Waals surface area (Å²) in [5.74, 6) is 0.179. The fourth-order valence-corrected chi connectivity index (χ4v) is 2.70. The molecule has 0 bridgehead atoms. The number of benzene rings is 1. The lowest BCUT2D eigenvalue weighted by Crippen LogP contribution is -2.13. The molecule has 1 unspecified atom stereocenters. The van der Waals surface area contributed by atoms with E-state index < -0.39 is 0 Å². The summed E-state index contributed by atoms with van der Waals surface area (Å²) in [4.78, 5) is 25.1. The number of aromatic nitrogens is 4. The van der Waals surface area contributed by atoms with Crippen molar-refractivity contribution in [2.24, 2.45) is 0 Å². The first kappa shape index (κ1) is 13.8. The van der Waals surface area contributed by atoms with Gasteiger partial charge < -0.3 is 10.1 Å². The summed E-state index contributed by atoms with van der Waals surface area (Å²) in [5.41, 5.74) is 1.79. The van der Waals surface area contributed by atoms with Crippen LogP contribution < -0.4 is 5.32 Å². The van der Waals surface area contributed by atoms with Gasteiger partial charge in [0.1, 0.15) is 12.6 Å². The number of imidazole rings is 1. The fraction of sp³-hybridized carbons (Fsp3) is 0.250. The van der Waals surface area contributed by atoms with Crippen LogP contribution in [0.3, 0.4) is 0 Å². The molecule has 1 aliphatic rings. The molecule has 0 radical (unpaired) electrons.